The number of carbonyl (C=O) groups is 1. The van der Waals surface area contributed by atoms with Gasteiger partial charge in [0.15, 0.2) is 0 Å². The first-order valence-corrected chi connectivity index (χ1v) is 10.4. The molecule has 2 N–H and O–H groups in total. The number of amides is 2. The summed E-state index contributed by atoms with van der Waals surface area (Å²) in [5, 5.41) is 6.43. The zero-order chi connectivity index (χ0) is 16.1. The Bertz CT molecular complexity index is 510. The van der Waals surface area contributed by atoms with Crippen LogP contribution in [0.3, 0.4) is 0 Å². The smallest absolute Gasteiger partial charge is 0.315 e. The average Bonchev–Trinajstić information content (AvgIpc) is 3.23. The van der Waals surface area contributed by atoms with Gasteiger partial charge in [0.25, 0.3) is 0 Å². The minimum atomic E-state index is 0.0571. The summed E-state index contributed by atoms with van der Waals surface area (Å²) in [6.07, 6.45) is 13.0. The van der Waals surface area contributed by atoms with Crippen LogP contribution in [0.15, 0.2) is 0 Å². The highest BCUT2D eigenvalue weighted by atomic mass is 16.5. The molecule has 7 atom stereocenters. The number of rotatable bonds is 4. The molecule has 5 fully saturated rings. The van der Waals surface area contributed by atoms with Gasteiger partial charge >= 0.3 is 6.03 Å². The van der Waals surface area contributed by atoms with Crippen LogP contribution in [0.5, 0.6) is 0 Å². The van der Waals surface area contributed by atoms with E-state index in [0.29, 0.717) is 12.0 Å². The van der Waals surface area contributed by atoms with Crippen LogP contribution < -0.4 is 10.6 Å². The van der Waals surface area contributed by atoms with Gasteiger partial charge in [0, 0.05) is 25.1 Å². The molecule has 0 aromatic heterocycles. The van der Waals surface area contributed by atoms with Crippen molar-refractivity contribution >= 4 is 6.03 Å². The van der Waals surface area contributed by atoms with Crippen LogP contribution in [-0.2, 0) is 4.74 Å². The van der Waals surface area contributed by atoms with Gasteiger partial charge in [-0.05, 0) is 81.5 Å². The third-order valence-corrected chi connectivity index (χ3v) is 8.26. The average molecular weight is 332 g/mol. The Morgan fingerprint density at radius 2 is 2.08 bits per heavy atom. The van der Waals surface area contributed by atoms with Crippen molar-refractivity contribution in [1.29, 1.82) is 0 Å². The molecule has 1 heterocycles. The van der Waals surface area contributed by atoms with Gasteiger partial charge in [-0.15, -0.1) is 0 Å². The first-order valence-electron chi connectivity index (χ1n) is 10.4. The number of nitrogens with one attached hydrogen (secondary N) is 2. The van der Waals surface area contributed by atoms with Crippen molar-refractivity contribution in [2.24, 2.45) is 29.6 Å². The quantitative estimate of drug-likeness (QED) is 0.828. The number of fused-ring (bicyclic) bond motifs is 2. The molecule has 7 unspecified atom stereocenters. The lowest BCUT2D eigenvalue weighted by molar-refractivity contribution is -0.166. The Labute approximate surface area is 145 Å². The molecule has 4 nitrogen and oxygen atoms in total. The normalized spacial score (nSPS) is 48.5. The molecule has 1 spiro atoms. The largest absolute Gasteiger partial charge is 0.374 e. The molecule has 134 valence electrons. The van der Waals surface area contributed by atoms with Gasteiger partial charge in [0.05, 0.1) is 5.60 Å². The maximum Gasteiger partial charge on any atom is 0.315 e. The SMILES string of the molecule is O=C(NCCC1CC2CCC1C2)NC1CCCC23OCCC2CC13. The Hall–Kier alpha value is -0.770. The van der Waals surface area contributed by atoms with Crippen LogP contribution in [-0.4, -0.2) is 30.8 Å². The summed E-state index contributed by atoms with van der Waals surface area (Å²) in [6.45, 7) is 1.78. The predicted molar refractivity (Wildman–Crippen MR) is 92.6 cm³/mol. The predicted octanol–water partition coefficient (Wildman–Crippen LogP) is 3.46. The van der Waals surface area contributed by atoms with E-state index >= 15 is 0 Å². The second-order valence-corrected chi connectivity index (χ2v) is 9.25. The van der Waals surface area contributed by atoms with E-state index in [1.54, 1.807) is 0 Å². The first kappa shape index (κ1) is 15.5. The van der Waals surface area contributed by atoms with Gasteiger partial charge < -0.3 is 15.4 Å². The van der Waals surface area contributed by atoms with Crippen LogP contribution in [0.1, 0.15) is 64.2 Å². The van der Waals surface area contributed by atoms with Crippen LogP contribution >= 0.6 is 0 Å². The molecule has 4 aliphatic carbocycles. The molecule has 1 aliphatic heterocycles. The van der Waals surface area contributed by atoms with E-state index in [-0.39, 0.29) is 11.6 Å². The van der Waals surface area contributed by atoms with Gasteiger partial charge in [-0.2, -0.15) is 0 Å². The van der Waals surface area contributed by atoms with E-state index in [9.17, 15) is 4.79 Å². The van der Waals surface area contributed by atoms with Crippen molar-refractivity contribution in [2.75, 3.05) is 13.2 Å². The van der Waals surface area contributed by atoms with Crippen LogP contribution in [0.4, 0.5) is 4.79 Å². The van der Waals surface area contributed by atoms with Gasteiger partial charge in [-0.1, -0.05) is 6.42 Å². The molecule has 2 bridgehead atoms. The number of urea groups is 1. The summed E-state index contributed by atoms with van der Waals surface area (Å²) in [5.74, 6) is 4.18. The van der Waals surface area contributed by atoms with Crippen LogP contribution in [0.25, 0.3) is 0 Å². The maximum absolute atomic E-state index is 12.3. The summed E-state index contributed by atoms with van der Waals surface area (Å²) < 4.78 is 6.16. The van der Waals surface area contributed by atoms with E-state index in [1.807, 2.05) is 0 Å². The van der Waals surface area contributed by atoms with E-state index < -0.39 is 0 Å². The molecule has 0 radical (unpaired) electrons. The zero-order valence-electron chi connectivity index (χ0n) is 14.8. The van der Waals surface area contributed by atoms with Crippen molar-refractivity contribution < 1.29 is 9.53 Å². The van der Waals surface area contributed by atoms with Gasteiger partial charge in [0.1, 0.15) is 0 Å². The summed E-state index contributed by atoms with van der Waals surface area (Å²) >= 11 is 0. The number of ether oxygens (including phenoxy) is 1. The molecule has 1 saturated heterocycles. The lowest BCUT2D eigenvalue weighted by atomic mass is 9.53. The van der Waals surface area contributed by atoms with Gasteiger partial charge in [-0.25, -0.2) is 4.79 Å². The number of hydrogen-bond donors (Lipinski definition) is 2. The number of carbonyl (C=O) groups excluding carboxylic acids is 1. The second kappa shape index (κ2) is 5.89. The highest BCUT2D eigenvalue weighted by Crippen LogP contribution is 2.59. The standard InChI is InChI=1S/C20H32N2O2/c23-19(21-8-5-15-11-13-3-4-14(15)10-13)22-18-2-1-7-20-16(6-9-24-20)12-17(18)20/h13-18H,1-12H2,(H2,21,22,23). The topological polar surface area (TPSA) is 50.4 Å². The Morgan fingerprint density at radius 1 is 1.12 bits per heavy atom. The van der Waals surface area contributed by atoms with E-state index in [4.69, 9.17) is 4.74 Å². The lowest BCUT2D eigenvalue weighted by Crippen LogP contribution is -2.64. The van der Waals surface area contributed by atoms with Crippen molar-refractivity contribution in [3.63, 3.8) is 0 Å². The Morgan fingerprint density at radius 3 is 2.88 bits per heavy atom. The maximum atomic E-state index is 12.3. The van der Waals surface area contributed by atoms with Crippen molar-refractivity contribution in [3.05, 3.63) is 0 Å². The third kappa shape index (κ3) is 2.40. The summed E-state index contributed by atoms with van der Waals surface area (Å²) in [7, 11) is 0. The molecule has 5 aliphatic rings. The highest BCUT2D eigenvalue weighted by Gasteiger charge is 2.62. The molecular weight excluding hydrogens is 300 g/mol. The summed E-state index contributed by atoms with van der Waals surface area (Å²) in [4.78, 5) is 12.3. The zero-order valence-corrected chi connectivity index (χ0v) is 14.8. The van der Waals surface area contributed by atoms with Gasteiger partial charge in [0.2, 0.25) is 0 Å². The molecule has 2 amide bonds. The molecule has 4 saturated carbocycles. The van der Waals surface area contributed by atoms with E-state index in [0.717, 1.165) is 43.2 Å². The monoisotopic (exact) mass is 332 g/mol. The summed E-state index contributed by atoms with van der Waals surface area (Å²) in [6, 6.07) is 0.386. The third-order valence-electron chi connectivity index (χ3n) is 8.26. The minimum Gasteiger partial charge on any atom is -0.374 e. The summed E-state index contributed by atoms with van der Waals surface area (Å²) in [5.41, 5.74) is 0.138. The second-order valence-electron chi connectivity index (χ2n) is 9.25. The molecular formula is C20H32N2O2. The fraction of sp³-hybridized carbons (Fsp3) is 0.950. The molecule has 0 aromatic rings. The minimum absolute atomic E-state index is 0.0571. The highest BCUT2D eigenvalue weighted by molar-refractivity contribution is 5.74. The molecule has 24 heavy (non-hydrogen) atoms. The van der Waals surface area contributed by atoms with Crippen LogP contribution in [0, 0.1) is 29.6 Å². The van der Waals surface area contributed by atoms with Crippen LogP contribution in [0.2, 0.25) is 0 Å². The van der Waals surface area contributed by atoms with E-state index in [2.05, 4.69) is 10.6 Å². The Kier molecular flexibility index (Phi) is 3.80. The van der Waals surface area contributed by atoms with Crippen molar-refractivity contribution in [1.82, 2.24) is 10.6 Å². The van der Waals surface area contributed by atoms with Gasteiger partial charge in [-0.3, -0.25) is 0 Å². The number of hydrogen-bond acceptors (Lipinski definition) is 2. The fourth-order valence-electron chi connectivity index (χ4n) is 7.09. The van der Waals surface area contributed by atoms with Crippen molar-refractivity contribution in [2.45, 2.75) is 75.9 Å². The fourth-order valence-corrected chi connectivity index (χ4v) is 7.09. The molecule has 4 heteroatoms. The van der Waals surface area contributed by atoms with Crippen molar-refractivity contribution in [3.8, 4) is 0 Å². The Balaban J connectivity index is 1.08. The first-order chi connectivity index (χ1) is 11.7. The lowest BCUT2D eigenvalue weighted by Gasteiger charge is -2.57. The van der Waals surface area contributed by atoms with E-state index in [1.165, 1.54) is 57.8 Å². The molecule has 5 rings (SSSR count). The molecule has 0 aromatic carbocycles.